The Morgan fingerprint density at radius 2 is 2.25 bits per heavy atom. The number of carbonyl (C=O) groups is 1. The fourth-order valence-corrected chi connectivity index (χ4v) is 2.30. The number of rotatable bonds is 0. The van der Waals surface area contributed by atoms with Crippen LogP contribution in [0, 0.1) is 17.3 Å². The van der Waals surface area contributed by atoms with Gasteiger partial charge in [-0.1, -0.05) is 19.9 Å². The first kappa shape index (κ1) is 7.99. The lowest BCUT2D eigenvalue weighted by Gasteiger charge is -2.34. The minimum absolute atomic E-state index is 0.197. The van der Waals surface area contributed by atoms with E-state index in [0.717, 1.165) is 13.1 Å². The maximum Gasteiger partial charge on any atom is 0.160 e. The highest BCUT2D eigenvalue weighted by atomic mass is 16.1. The first-order valence-corrected chi connectivity index (χ1v) is 4.55. The Bertz CT molecular complexity index is 242. The lowest BCUT2D eigenvalue weighted by molar-refractivity contribution is -0.120. The molecular formula is C10H15NO. The molecule has 0 bridgehead atoms. The largest absolute Gasteiger partial charge is 0.316 e. The molecule has 1 saturated heterocycles. The highest BCUT2D eigenvalue weighted by Gasteiger charge is 2.42. The monoisotopic (exact) mass is 165 g/mol. The molecule has 0 aromatic rings. The highest BCUT2D eigenvalue weighted by molar-refractivity contribution is 5.93. The summed E-state index contributed by atoms with van der Waals surface area (Å²) in [4.78, 5) is 11.4. The van der Waals surface area contributed by atoms with Crippen molar-refractivity contribution < 1.29 is 4.79 Å². The fraction of sp³-hybridized carbons (Fsp3) is 0.700. The van der Waals surface area contributed by atoms with Crippen molar-refractivity contribution in [2.75, 3.05) is 13.1 Å². The second kappa shape index (κ2) is 2.43. The van der Waals surface area contributed by atoms with Crippen LogP contribution in [0.15, 0.2) is 12.2 Å². The molecule has 1 fully saturated rings. The number of hydrogen-bond acceptors (Lipinski definition) is 2. The summed E-state index contributed by atoms with van der Waals surface area (Å²) < 4.78 is 0. The molecule has 0 saturated carbocycles. The summed E-state index contributed by atoms with van der Waals surface area (Å²) in [6, 6.07) is 0. The van der Waals surface area contributed by atoms with E-state index >= 15 is 0 Å². The van der Waals surface area contributed by atoms with E-state index < -0.39 is 0 Å². The van der Waals surface area contributed by atoms with Crippen LogP contribution in [0.3, 0.4) is 0 Å². The zero-order valence-corrected chi connectivity index (χ0v) is 7.63. The van der Waals surface area contributed by atoms with Crippen LogP contribution in [0.5, 0.6) is 0 Å². The average Bonchev–Trinajstić information content (AvgIpc) is 2.46. The normalized spacial score (nSPS) is 38.3. The Morgan fingerprint density at radius 3 is 2.92 bits per heavy atom. The van der Waals surface area contributed by atoms with E-state index in [0.29, 0.717) is 11.7 Å². The maximum atomic E-state index is 11.4. The summed E-state index contributed by atoms with van der Waals surface area (Å²) in [6.45, 7) is 6.28. The molecule has 2 unspecified atom stereocenters. The van der Waals surface area contributed by atoms with Crippen LogP contribution in [0.1, 0.15) is 13.8 Å². The smallest absolute Gasteiger partial charge is 0.160 e. The molecule has 0 amide bonds. The molecule has 2 atom stereocenters. The minimum Gasteiger partial charge on any atom is -0.316 e. The summed E-state index contributed by atoms with van der Waals surface area (Å²) >= 11 is 0. The predicted octanol–water partition coefficient (Wildman–Crippen LogP) is 0.987. The van der Waals surface area contributed by atoms with Crippen molar-refractivity contribution in [3.63, 3.8) is 0 Å². The molecule has 1 aliphatic heterocycles. The zero-order valence-electron chi connectivity index (χ0n) is 7.63. The van der Waals surface area contributed by atoms with E-state index in [2.05, 4.69) is 25.2 Å². The molecule has 2 heteroatoms. The van der Waals surface area contributed by atoms with Gasteiger partial charge in [0.15, 0.2) is 5.78 Å². The summed E-state index contributed by atoms with van der Waals surface area (Å²) in [6.07, 6.45) is 3.82. The lowest BCUT2D eigenvalue weighted by atomic mass is 9.68. The molecule has 1 aliphatic carbocycles. The standard InChI is InChI=1S/C10H15NO/c1-10(2)4-3-9(12)7-5-11-6-8(7)10/h3-4,7-8,11H,5-6H2,1-2H3. The Morgan fingerprint density at radius 1 is 1.50 bits per heavy atom. The molecule has 1 heterocycles. The number of carbonyl (C=O) groups excluding carboxylic acids is 1. The van der Waals surface area contributed by atoms with Crippen LogP contribution in [0.2, 0.25) is 0 Å². The molecule has 2 rings (SSSR count). The van der Waals surface area contributed by atoms with Crippen LogP contribution in [-0.4, -0.2) is 18.9 Å². The van der Waals surface area contributed by atoms with E-state index in [1.54, 1.807) is 6.08 Å². The van der Waals surface area contributed by atoms with E-state index in [4.69, 9.17) is 0 Å². The fourth-order valence-electron chi connectivity index (χ4n) is 2.30. The molecule has 0 aromatic heterocycles. The Labute approximate surface area is 73.0 Å². The van der Waals surface area contributed by atoms with Crippen molar-refractivity contribution in [3.05, 3.63) is 12.2 Å². The topological polar surface area (TPSA) is 29.1 Å². The molecule has 0 radical (unpaired) electrons. The molecule has 2 nitrogen and oxygen atoms in total. The van der Waals surface area contributed by atoms with Gasteiger partial charge in [-0.05, 0) is 24.0 Å². The lowest BCUT2D eigenvalue weighted by Crippen LogP contribution is -2.35. The third-order valence-corrected chi connectivity index (χ3v) is 3.21. The van der Waals surface area contributed by atoms with Gasteiger partial charge >= 0.3 is 0 Å². The predicted molar refractivity (Wildman–Crippen MR) is 47.8 cm³/mol. The van der Waals surface area contributed by atoms with Crippen LogP contribution >= 0.6 is 0 Å². The van der Waals surface area contributed by atoms with Crippen molar-refractivity contribution in [3.8, 4) is 0 Å². The number of allylic oxidation sites excluding steroid dienone is 2. The van der Waals surface area contributed by atoms with Crippen LogP contribution < -0.4 is 5.32 Å². The van der Waals surface area contributed by atoms with Gasteiger partial charge in [0.25, 0.3) is 0 Å². The summed E-state index contributed by atoms with van der Waals surface area (Å²) in [5.41, 5.74) is 0.197. The molecule has 12 heavy (non-hydrogen) atoms. The number of ketones is 1. The SMILES string of the molecule is CC1(C)C=CC(=O)C2CNCC21. The van der Waals surface area contributed by atoms with Gasteiger partial charge in [-0.25, -0.2) is 0 Å². The molecule has 66 valence electrons. The third-order valence-electron chi connectivity index (χ3n) is 3.21. The maximum absolute atomic E-state index is 11.4. The first-order chi connectivity index (χ1) is 5.61. The van der Waals surface area contributed by atoms with Crippen molar-refractivity contribution in [1.29, 1.82) is 0 Å². The van der Waals surface area contributed by atoms with E-state index in [-0.39, 0.29) is 11.3 Å². The highest BCUT2D eigenvalue weighted by Crippen LogP contribution is 2.39. The quantitative estimate of drug-likeness (QED) is 0.580. The van der Waals surface area contributed by atoms with Gasteiger partial charge in [0, 0.05) is 12.5 Å². The number of nitrogens with one attached hydrogen (secondary N) is 1. The third kappa shape index (κ3) is 1.02. The van der Waals surface area contributed by atoms with Crippen molar-refractivity contribution in [1.82, 2.24) is 5.32 Å². The Hall–Kier alpha value is -0.630. The summed E-state index contributed by atoms with van der Waals surface area (Å²) in [7, 11) is 0. The minimum atomic E-state index is 0.197. The van der Waals surface area contributed by atoms with Gasteiger partial charge in [0.05, 0.1) is 0 Å². The van der Waals surface area contributed by atoms with Crippen LogP contribution in [0.4, 0.5) is 0 Å². The van der Waals surface area contributed by atoms with E-state index in [1.165, 1.54) is 0 Å². The van der Waals surface area contributed by atoms with Crippen molar-refractivity contribution in [2.24, 2.45) is 17.3 Å². The van der Waals surface area contributed by atoms with E-state index in [9.17, 15) is 4.79 Å². The number of hydrogen-bond donors (Lipinski definition) is 1. The van der Waals surface area contributed by atoms with Gasteiger partial charge in [-0.2, -0.15) is 0 Å². The molecule has 0 spiro atoms. The molecule has 1 N–H and O–H groups in total. The van der Waals surface area contributed by atoms with Crippen LogP contribution in [0.25, 0.3) is 0 Å². The molecule has 2 aliphatic rings. The Balaban J connectivity index is 2.34. The van der Waals surface area contributed by atoms with Gasteiger partial charge in [0.2, 0.25) is 0 Å². The van der Waals surface area contributed by atoms with Gasteiger partial charge < -0.3 is 5.32 Å². The van der Waals surface area contributed by atoms with Gasteiger partial charge in [-0.15, -0.1) is 0 Å². The average molecular weight is 165 g/mol. The van der Waals surface area contributed by atoms with Crippen molar-refractivity contribution in [2.45, 2.75) is 13.8 Å². The first-order valence-electron chi connectivity index (χ1n) is 4.55. The van der Waals surface area contributed by atoms with E-state index in [1.807, 2.05) is 0 Å². The molecular weight excluding hydrogens is 150 g/mol. The van der Waals surface area contributed by atoms with Crippen LogP contribution in [-0.2, 0) is 4.79 Å². The summed E-state index contributed by atoms with van der Waals surface area (Å²) in [5.74, 6) is 1.06. The second-order valence-corrected chi connectivity index (χ2v) is 4.43. The van der Waals surface area contributed by atoms with Gasteiger partial charge in [0.1, 0.15) is 0 Å². The molecule has 0 aromatic carbocycles. The Kier molecular flexibility index (Phi) is 1.62. The zero-order chi connectivity index (χ0) is 8.77. The van der Waals surface area contributed by atoms with Crippen molar-refractivity contribution >= 4 is 5.78 Å². The number of fused-ring (bicyclic) bond motifs is 1. The van der Waals surface area contributed by atoms with Gasteiger partial charge in [-0.3, -0.25) is 4.79 Å². The summed E-state index contributed by atoms with van der Waals surface area (Å²) in [5, 5.41) is 3.29. The second-order valence-electron chi connectivity index (χ2n) is 4.43.